The van der Waals surface area contributed by atoms with E-state index in [0.29, 0.717) is 43.1 Å². The maximum atomic E-state index is 13.3. The minimum absolute atomic E-state index is 0.113. The van der Waals surface area contributed by atoms with Gasteiger partial charge in [0.15, 0.2) is 0 Å². The van der Waals surface area contributed by atoms with Crippen molar-refractivity contribution >= 4 is 21.6 Å². The van der Waals surface area contributed by atoms with E-state index in [-0.39, 0.29) is 10.8 Å². The zero-order chi connectivity index (χ0) is 23.8. The lowest BCUT2D eigenvalue weighted by Crippen LogP contribution is -2.30. The molecule has 0 radical (unpaired) electrons. The second-order valence-electron chi connectivity index (χ2n) is 7.45. The molecule has 1 amide bonds. The smallest absolute Gasteiger partial charge is 0.256 e. The number of hydrogen-bond donors (Lipinski definition) is 1. The lowest BCUT2D eigenvalue weighted by molar-refractivity contribution is 0.102. The highest BCUT2D eigenvalue weighted by Crippen LogP contribution is 2.30. The maximum Gasteiger partial charge on any atom is 0.256 e. The zero-order valence-corrected chi connectivity index (χ0v) is 20.1. The van der Waals surface area contributed by atoms with Gasteiger partial charge in [-0.15, -0.1) is 0 Å². The van der Waals surface area contributed by atoms with Crippen molar-refractivity contribution in [3.05, 3.63) is 89.5 Å². The molecule has 6 nitrogen and oxygen atoms in total. The summed E-state index contributed by atoms with van der Waals surface area (Å²) < 4.78 is 33.0. The van der Waals surface area contributed by atoms with Crippen LogP contribution in [0.4, 0.5) is 5.69 Å². The van der Waals surface area contributed by atoms with Crippen LogP contribution in [0.15, 0.2) is 77.7 Å². The van der Waals surface area contributed by atoms with Gasteiger partial charge >= 0.3 is 0 Å². The van der Waals surface area contributed by atoms with Gasteiger partial charge in [0.2, 0.25) is 10.0 Å². The van der Waals surface area contributed by atoms with Crippen molar-refractivity contribution in [3.8, 4) is 5.75 Å². The Kier molecular flexibility index (Phi) is 8.25. The average molecular weight is 467 g/mol. The van der Waals surface area contributed by atoms with Crippen LogP contribution in [0.3, 0.4) is 0 Å². The second-order valence-corrected chi connectivity index (χ2v) is 9.39. The molecule has 1 N–H and O–H groups in total. The number of sulfonamides is 1. The van der Waals surface area contributed by atoms with Crippen LogP contribution in [0.2, 0.25) is 0 Å². The van der Waals surface area contributed by atoms with Crippen molar-refractivity contribution in [2.75, 3.05) is 25.0 Å². The van der Waals surface area contributed by atoms with E-state index in [1.54, 1.807) is 26.0 Å². The molecular weight excluding hydrogens is 436 g/mol. The minimum atomic E-state index is -3.68. The number of hydrogen-bond acceptors (Lipinski definition) is 4. The van der Waals surface area contributed by atoms with E-state index in [2.05, 4.69) is 5.32 Å². The van der Waals surface area contributed by atoms with Crippen molar-refractivity contribution < 1.29 is 17.9 Å². The lowest BCUT2D eigenvalue weighted by atomic mass is 9.99. The van der Waals surface area contributed by atoms with Crippen LogP contribution in [0.1, 0.15) is 42.3 Å². The Bertz CT molecular complexity index is 1190. The van der Waals surface area contributed by atoms with E-state index in [4.69, 9.17) is 4.74 Å². The van der Waals surface area contributed by atoms with E-state index in [9.17, 15) is 13.2 Å². The third kappa shape index (κ3) is 5.80. The first-order valence-electron chi connectivity index (χ1n) is 11.1. The highest BCUT2D eigenvalue weighted by atomic mass is 32.2. The van der Waals surface area contributed by atoms with Crippen LogP contribution in [0, 0.1) is 0 Å². The third-order valence-electron chi connectivity index (χ3n) is 5.34. The molecule has 3 aromatic carbocycles. The van der Waals surface area contributed by atoms with E-state index in [1.165, 1.54) is 16.4 Å². The SMILES string of the molecule is CCOc1ccc(S(=O)(=O)N(CC)CC)cc1NC(=O)c1ccccc1Cc1ccccc1. The molecular formula is C26H30N2O4S. The molecule has 174 valence electrons. The molecule has 7 heteroatoms. The number of carbonyl (C=O) groups is 1. The Morgan fingerprint density at radius 3 is 2.24 bits per heavy atom. The molecule has 0 saturated carbocycles. The number of ether oxygens (including phenoxy) is 1. The van der Waals surface area contributed by atoms with Crippen LogP contribution in [-0.4, -0.2) is 38.3 Å². The fraction of sp³-hybridized carbons (Fsp3) is 0.269. The van der Waals surface area contributed by atoms with Crippen LogP contribution >= 0.6 is 0 Å². The number of anilines is 1. The van der Waals surface area contributed by atoms with E-state index in [1.807, 2.05) is 55.5 Å². The third-order valence-corrected chi connectivity index (χ3v) is 7.39. The van der Waals surface area contributed by atoms with E-state index >= 15 is 0 Å². The van der Waals surface area contributed by atoms with Gasteiger partial charge in [-0.2, -0.15) is 4.31 Å². The summed E-state index contributed by atoms with van der Waals surface area (Å²) in [4.78, 5) is 13.4. The molecule has 0 atom stereocenters. The average Bonchev–Trinajstić information content (AvgIpc) is 2.82. The largest absolute Gasteiger partial charge is 0.492 e. The number of nitrogens with one attached hydrogen (secondary N) is 1. The first-order valence-corrected chi connectivity index (χ1v) is 12.5. The molecule has 0 fully saturated rings. The Labute approximate surface area is 196 Å². The maximum absolute atomic E-state index is 13.3. The van der Waals surface area contributed by atoms with Crippen molar-refractivity contribution in [1.82, 2.24) is 4.31 Å². The molecule has 0 heterocycles. The topological polar surface area (TPSA) is 75.7 Å². The summed E-state index contributed by atoms with van der Waals surface area (Å²) >= 11 is 0. The van der Waals surface area contributed by atoms with Gasteiger partial charge in [0.25, 0.3) is 5.91 Å². The van der Waals surface area contributed by atoms with Gasteiger partial charge in [-0.3, -0.25) is 4.79 Å². The van der Waals surface area contributed by atoms with Gasteiger partial charge in [-0.05, 0) is 48.7 Å². The summed E-state index contributed by atoms with van der Waals surface area (Å²) in [7, 11) is -3.68. The molecule has 3 rings (SSSR count). The van der Waals surface area contributed by atoms with Crippen molar-refractivity contribution in [1.29, 1.82) is 0 Å². The number of rotatable bonds is 10. The molecule has 0 bridgehead atoms. The summed E-state index contributed by atoms with van der Waals surface area (Å²) in [6.45, 7) is 6.53. The van der Waals surface area contributed by atoms with E-state index < -0.39 is 10.0 Å². The van der Waals surface area contributed by atoms with Gasteiger partial charge in [0, 0.05) is 18.7 Å². The Morgan fingerprint density at radius 2 is 1.58 bits per heavy atom. The highest BCUT2D eigenvalue weighted by Gasteiger charge is 2.24. The lowest BCUT2D eigenvalue weighted by Gasteiger charge is -2.20. The Morgan fingerprint density at radius 1 is 0.909 bits per heavy atom. The quantitative estimate of drug-likeness (QED) is 0.458. The molecule has 0 aliphatic rings. The van der Waals surface area contributed by atoms with Gasteiger partial charge in [-0.1, -0.05) is 62.4 Å². The minimum Gasteiger partial charge on any atom is -0.492 e. The molecule has 0 aromatic heterocycles. The monoisotopic (exact) mass is 466 g/mol. The number of carbonyl (C=O) groups excluding carboxylic acids is 1. The first-order chi connectivity index (χ1) is 15.9. The molecule has 0 unspecified atom stereocenters. The van der Waals surface area contributed by atoms with Gasteiger partial charge < -0.3 is 10.1 Å². The van der Waals surface area contributed by atoms with Crippen LogP contribution in [0.5, 0.6) is 5.75 Å². The summed E-state index contributed by atoms with van der Waals surface area (Å²) in [6, 6.07) is 21.9. The number of amides is 1. The molecule has 0 saturated heterocycles. The molecule has 0 aliphatic carbocycles. The standard InChI is InChI=1S/C26H30N2O4S/c1-4-28(5-2)33(30,31)22-16-17-25(32-6-3)24(19-22)27-26(29)23-15-11-10-14-21(23)18-20-12-8-7-9-13-20/h7-17,19H,4-6,18H2,1-3H3,(H,27,29). The molecule has 0 aliphatic heterocycles. The van der Waals surface area contributed by atoms with E-state index in [0.717, 1.165) is 11.1 Å². The summed E-state index contributed by atoms with van der Waals surface area (Å²) in [5.74, 6) is 0.102. The van der Waals surface area contributed by atoms with Gasteiger partial charge in [0.1, 0.15) is 5.75 Å². The molecule has 33 heavy (non-hydrogen) atoms. The van der Waals surface area contributed by atoms with Crippen LogP contribution in [-0.2, 0) is 16.4 Å². The van der Waals surface area contributed by atoms with Gasteiger partial charge in [0.05, 0.1) is 17.2 Å². The Balaban J connectivity index is 1.95. The Hall–Kier alpha value is -3.16. The summed E-state index contributed by atoms with van der Waals surface area (Å²) in [5, 5.41) is 2.88. The zero-order valence-electron chi connectivity index (χ0n) is 19.2. The van der Waals surface area contributed by atoms with Crippen LogP contribution in [0.25, 0.3) is 0 Å². The molecule has 0 spiro atoms. The first kappa shape index (κ1) is 24.5. The highest BCUT2D eigenvalue weighted by molar-refractivity contribution is 7.89. The van der Waals surface area contributed by atoms with Crippen molar-refractivity contribution in [2.45, 2.75) is 32.1 Å². The fourth-order valence-electron chi connectivity index (χ4n) is 3.66. The van der Waals surface area contributed by atoms with Crippen molar-refractivity contribution in [3.63, 3.8) is 0 Å². The second kappa shape index (κ2) is 11.1. The predicted octanol–water partition coefficient (Wildman–Crippen LogP) is 4.96. The molecule has 3 aromatic rings. The summed E-state index contributed by atoms with van der Waals surface area (Å²) in [5.41, 5.74) is 2.83. The predicted molar refractivity (Wildman–Crippen MR) is 131 cm³/mol. The normalized spacial score (nSPS) is 11.4. The van der Waals surface area contributed by atoms with Gasteiger partial charge in [-0.25, -0.2) is 8.42 Å². The fourth-order valence-corrected chi connectivity index (χ4v) is 5.15. The van der Waals surface area contributed by atoms with Crippen LogP contribution < -0.4 is 10.1 Å². The van der Waals surface area contributed by atoms with Crippen molar-refractivity contribution in [2.24, 2.45) is 0 Å². The number of nitrogens with zero attached hydrogens (tertiary/aromatic N) is 1. The number of benzene rings is 3. The summed E-state index contributed by atoms with van der Waals surface area (Å²) in [6.07, 6.45) is 0.610.